The van der Waals surface area contributed by atoms with E-state index in [1.165, 1.54) is 38.8 Å². The van der Waals surface area contributed by atoms with Crippen LogP contribution in [0, 0.1) is 5.92 Å². The lowest BCUT2D eigenvalue weighted by molar-refractivity contribution is 0.0573. The Morgan fingerprint density at radius 1 is 1.17 bits per heavy atom. The summed E-state index contributed by atoms with van der Waals surface area (Å²) in [5.41, 5.74) is 0. The van der Waals surface area contributed by atoms with Gasteiger partial charge in [0.05, 0.1) is 6.61 Å². The number of nitrogens with one attached hydrogen (secondary N) is 1. The van der Waals surface area contributed by atoms with Gasteiger partial charge >= 0.3 is 0 Å². The average molecular weight is 254 g/mol. The van der Waals surface area contributed by atoms with Crippen LogP contribution in [0.1, 0.15) is 46.0 Å². The number of rotatable bonds is 8. The second kappa shape index (κ2) is 7.46. The van der Waals surface area contributed by atoms with Crippen LogP contribution in [0.15, 0.2) is 0 Å². The lowest BCUT2D eigenvalue weighted by atomic mass is 10.0. The van der Waals surface area contributed by atoms with Crippen LogP contribution >= 0.6 is 0 Å². The van der Waals surface area contributed by atoms with Gasteiger partial charge in [-0.15, -0.1) is 0 Å². The van der Waals surface area contributed by atoms with Gasteiger partial charge in [-0.1, -0.05) is 20.3 Å². The van der Waals surface area contributed by atoms with E-state index in [0.29, 0.717) is 6.04 Å². The Kier molecular flexibility index (Phi) is 5.93. The van der Waals surface area contributed by atoms with E-state index in [1.54, 1.807) is 0 Å². The summed E-state index contributed by atoms with van der Waals surface area (Å²) in [5, 5.41) is 3.74. The minimum atomic E-state index is 0.705. The highest BCUT2D eigenvalue weighted by Crippen LogP contribution is 2.36. The maximum Gasteiger partial charge on any atom is 0.0593 e. The Bertz CT molecular complexity index is 231. The smallest absolute Gasteiger partial charge is 0.0593 e. The molecule has 0 spiro atoms. The second-order valence-electron chi connectivity index (χ2n) is 5.91. The molecule has 0 aromatic heterocycles. The molecule has 1 N–H and O–H groups in total. The van der Waals surface area contributed by atoms with Crippen molar-refractivity contribution in [1.29, 1.82) is 0 Å². The Hall–Kier alpha value is -0.120. The molecule has 18 heavy (non-hydrogen) atoms. The largest absolute Gasteiger partial charge is 0.380 e. The van der Waals surface area contributed by atoms with Crippen LogP contribution < -0.4 is 5.32 Å². The van der Waals surface area contributed by atoms with Crippen LogP contribution in [-0.2, 0) is 4.74 Å². The first-order chi connectivity index (χ1) is 8.85. The molecule has 2 aliphatic rings. The molecule has 106 valence electrons. The lowest BCUT2D eigenvalue weighted by Gasteiger charge is -2.40. The molecule has 1 aliphatic carbocycles. The van der Waals surface area contributed by atoms with Gasteiger partial charge < -0.3 is 10.1 Å². The van der Waals surface area contributed by atoms with Gasteiger partial charge in [-0.25, -0.2) is 0 Å². The SMILES string of the molecule is CCCOCCN1CC(CCC)NCC1C1CC1. The molecular formula is C15H30N2O. The van der Waals surface area contributed by atoms with Crippen molar-refractivity contribution in [2.24, 2.45) is 5.92 Å². The van der Waals surface area contributed by atoms with Gasteiger partial charge in [0.15, 0.2) is 0 Å². The van der Waals surface area contributed by atoms with Crippen molar-refractivity contribution in [3.63, 3.8) is 0 Å². The molecule has 3 nitrogen and oxygen atoms in total. The van der Waals surface area contributed by atoms with Gasteiger partial charge in [-0.05, 0) is 31.6 Å². The highest BCUT2D eigenvalue weighted by atomic mass is 16.5. The number of nitrogens with zero attached hydrogens (tertiary/aromatic N) is 1. The summed E-state index contributed by atoms with van der Waals surface area (Å²) in [7, 11) is 0. The zero-order valence-corrected chi connectivity index (χ0v) is 12.2. The first kappa shape index (κ1) is 14.3. The minimum Gasteiger partial charge on any atom is -0.380 e. The number of hydrogen-bond acceptors (Lipinski definition) is 3. The third kappa shape index (κ3) is 4.22. The van der Waals surface area contributed by atoms with E-state index in [9.17, 15) is 0 Å². The summed E-state index contributed by atoms with van der Waals surface area (Å²) in [6.45, 7) is 9.84. The average Bonchev–Trinajstić information content (AvgIpc) is 3.20. The van der Waals surface area contributed by atoms with Crippen LogP contribution in [-0.4, -0.2) is 49.8 Å². The van der Waals surface area contributed by atoms with E-state index in [1.807, 2.05) is 0 Å². The summed E-state index contributed by atoms with van der Waals surface area (Å²) >= 11 is 0. The molecule has 0 radical (unpaired) electrons. The molecule has 2 fully saturated rings. The van der Waals surface area contributed by atoms with Crippen molar-refractivity contribution in [3.05, 3.63) is 0 Å². The molecule has 1 aliphatic heterocycles. The molecule has 2 unspecified atom stereocenters. The molecule has 3 heteroatoms. The van der Waals surface area contributed by atoms with Gasteiger partial charge in [-0.2, -0.15) is 0 Å². The predicted molar refractivity (Wildman–Crippen MR) is 75.9 cm³/mol. The van der Waals surface area contributed by atoms with Gasteiger partial charge in [0.1, 0.15) is 0 Å². The van der Waals surface area contributed by atoms with Crippen molar-refractivity contribution < 1.29 is 4.74 Å². The molecule has 2 atom stereocenters. The van der Waals surface area contributed by atoms with Gasteiger partial charge in [0.2, 0.25) is 0 Å². The molecule has 1 saturated heterocycles. The van der Waals surface area contributed by atoms with Crippen LogP contribution in [0.25, 0.3) is 0 Å². The van der Waals surface area contributed by atoms with Crippen LogP contribution in [0.4, 0.5) is 0 Å². The summed E-state index contributed by atoms with van der Waals surface area (Å²) in [6, 6.07) is 1.49. The molecular weight excluding hydrogens is 224 g/mol. The predicted octanol–water partition coefficient (Wildman–Crippen LogP) is 2.27. The molecule has 0 aromatic rings. The first-order valence-corrected chi connectivity index (χ1v) is 7.90. The monoisotopic (exact) mass is 254 g/mol. The number of piperazine rings is 1. The van der Waals surface area contributed by atoms with Gasteiger partial charge in [0.25, 0.3) is 0 Å². The highest BCUT2D eigenvalue weighted by Gasteiger charge is 2.38. The summed E-state index contributed by atoms with van der Waals surface area (Å²) in [6.07, 6.45) is 6.61. The third-order valence-electron chi connectivity index (χ3n) is 4.21. The number of hydrogen-bond donors (Lipinski definition) is 1. The van der Waals surface area contributed by atoms with Crippen molar-refractivity contribution in [1.82, 2.24) is 10.2 Å². The van der Waals surface area contributed by atoms with Crippen LogP contribution in [0.3, 0.4) is 0 Å². The summed E-state index contributed by atoms with van der Waals surface area (Å²) < 4.78 is 5.67. The summed E-state index contributed by atoms with van der Waals surface area (Å²) in [4.78, 5) is 2.70. The molecule has 0 bridgehead atoms. The maximum atomic E-state index is 5.67. The zero-order chi connectivity index (χ0) is 12.8. The van der Waals surface area contributed by atoms with E-state index >= 15 is 0 Å². The maximum absolute atomic E-state index is 5.67. The third-order valence-corrected chi connectivity index (χ3v) is 4.21. The van der Waals surface area contributed by atoms with Gasteiger partial charge in [-0.3, -0.25) is 4.90 Å². The van der Waals surface area contributed by atoms with Crippen LogP contribution in [0.2, 0.25) is 0 Å². The van der Waals surface area contributed by atoms with Crippen molar-refractivity contribution in [3.8, 4) is 0 Å². The standard InChI is InChI=1S/C15H30N2O/c1-3-5-14-12-17(8-10-18-9-4-2)15(11-16-14)13-6-7-13/h13-16H,3-12H2,1-2H3. The van der Waals surface area contributed by atoms with Crippen molar-refractivity contribution in [2.75, 3.05) is 32.8 Å². The lowest BCUT2D eigenvalue weighted by Crippen LogP contribution is -2.57. The fraction of sp³-hybridized carbons (Fsp3) is 1.00. The van der Waals surface area contributed by atoms with E-state index in [2.05, 4.69) is 24.1 Å². The Balaban J connectivity index is 1.76. The van der Waals surface area contributed by atoms with E-state index < -0.39 is 0 Å². The van der Waals surface area contributed by atoms with Gasteiger partial charge in [0, 0.05) is 38.3 Å². The fourth-order valence-electron chi connectivity index (χ4n) is 3.07. The molecule has 1 heterocycles. The summed E-state index contributed by atoms with van der Waals surface area (Å²) in [5.74, 6) is 0.964. The van der Waals surface area contributed by atoms with Crippen molar-refractivity contribution in [2.45, 2.75) is 58.0 Å². The first-order valence-electron chi connectivity index (χ1n) is 7.90. The van der Waals surface area contributed by atoms with Crippen molar-refractivity contribution >= 4 is 0 Å². The Labute approximate surface area is 112 Å². The van der Waals surface area contributed by atoms with E-state index in [0.717, 1.165) is 38.1 Å². The van der Waals surface area contributed by atoms with E-state index in [-0.39, 0.29) is 0 Å². The molecule has 1 saturated carbocycles. The van der Waals surface area contributed by atoms with Crippen LogP contribution in [0.5, 0.6) is 0 Å². The molecule has 0 amide bonds. The minimum absolute atomic E-state index is 0.705. The topological polar surface area (TPSA) is 24.5 Å². The normalized spacial score (nSPS) is 29.7. The molecule has 2 rings (SSSR count). The Morgan fingerprint density at radius 2 is 2.00 bits per heavy atom. The Morgan fingerprint density at radius 3 is 2.67 bits per heavy atom. The number of ether oxygens (including phenoxy) is 1. The zero-order valence-electron chi connectivity index (χ0n) is 12.2. The highest BCUT2D eigenvalue weighted by molar-refractivity contribution is 4.94. The quantitative estimate of drug-likeness (QED) is 0.673. The second-order valence-corrected chi connectivity index (χ2v) is 5.91. The molecule has 0 aromatic carbocycles. The fourth-order valence-corrected chi connectivity index (χ4v) is 3.07. The van der Waals surface area contributed by atoms with E-state index in [4.69, 9.17) is 4.74 Å².